The zero-order valence-electron chi connectivity index (χ0n) is 14.5. The quantitative estimate of drug-likeness (QED) is 0.533. The van der Waals surface area contributed by atoms with Crippen molar-refractivity contribution < 1.29 is 0 Å². The van der Waals surface area contributed by atoms with Crippen LogP contribution in [0.25, 0.3) is 0 Å². The molecule has 20 heavy (non-hydrogen) atoms. The van der Waals surface area contributed by atoms with E-state index in [-0.39, 0.29) is 5.41 Å². The Morgan fingerprint density at radius 1 is 1.30 bits per heavy atom. The lowest BCUT2D eigenvalue weighted by atomic mass is 9.71. The number of unbranched alkanes of at least 4 members (excludes halogenated alkanes) is 1. The van der Waals surface area contributed by atoms with Crippen molar-refractivity contribution in [2.45, 2.75) is 79.2 Å². The van der Waals surface area contributed by atoms with Crippen molar-refractivity contribution in [2.24, 2.45) is 11.3 Å². The Labute approximate surface area is 127 Å². The number of hydrogen-bond acceptors (Lipinski definition) is 1. The lowest BCUT2D eigenvalue weighted by Gasteiger charge is -2.42. The third kappa shape index (κ3) is 3.90. The highest BCUT2D eigenvalue weighted by Gasteiger charge is 2.32. The number of nitrogens with zero attached hydrogens (tertiary/aromatic N) is 1. The molecular formula is C19H35N. The third-order valence-electron chi connectivity index (χ3n) is 5.50. The molecule has 0 radical (unpaired) electrons. The van der Waals surface area contributed by atoms with Crippen LogP contribution in [-0.2, 0) is 0 Å². The fraction of sp³-hybridized carbons (Fsp3) is 0.789. The molecule has 0 aromatic heterocycles. The predicted octanol–water partition coefficient (Wildman–Crippen LogP) is 5.78. The van der Waals surface area contributed by atoms with Gasteiger partial charge >= 0.3 is 0 Å². The predicted molar refractivity (Wildman–Crippen MR) is 90.8 cm³/mol. The number of likely N-dealkylation sites (tertiary alicyclic amines) is 1. The molecule has 1 rings (SSSR count). The van der Waals surface area contributed by atoms with E-state index in [1.54, 1.807) is 0 Å². The molecule has 2 unspecified atom stereocenters. The van der Waals surface area contributed by atoms with Crippen molar-refractivity contribution in [3.8, 4) is 0 Å². The summed E-state index contributed by atoms with van der Waals surface area (Å²) in [6, 6.07) is 0.620. The molecule has 1 fully saturated rings. The molecule has 0 aromatic carbocycles. The molecule has 1 aliphatic heterocycles. The Hall–Kier alpha value is -0.720. The summed E-state index contributed by atoms with van der Waals surface area (Å²) in [5, 5.41) is 0. The summed E-state index contributed by atoms with van der Waals surface area (Å²) in [7, 11) is 0. The van der Waals surface area contributed by atoms with E-state index in [1.165, 1.54) is 49.8 Å². The van der Waals surface area contributed by atoms with Crippen molar-refractivity contribution in [2.75, 3.05) is 6.54 Å². The maximum Gasteiger partial charge on any atom is 0.0327 e. The second-order valence-electron chi connectivity index (χ2n) is 7.23. The van der Waals surface area contributed by atoms with E-state index in [4.69, 9.17) is 0 Å². The van der Waals surface area contributed by atoms with Gasteiger partial charge in [0.05, 0.1) is 0 Å². The van der Waals surface area contributed by atoms with Crippen molar-refractivity contribution in [1.82, 2.24) is 4.90 Å². The Morgan fingerprint density at radius 3 is 2.50 bits per heavy atom. The van der Waals surface area contributed by atoms with Gasteiger partial charge in [-0.3, -0.25) is 0 Å². The summed E-state index contributed by atoms with van der Waals surface area (Å²) in [4.78, 5) is 2.49. The minimum atomic E-state index is 0.142. The Bertz CT molecular complexity index is 340. The summed E-state index contributed by atoms with van der Waals surface area (Å²) in [6.45, 7) is 21.6. The van der Waals surface area contributed by atoms with E-state index in [1.807, 2.05) is 0 Å². The van der Waals surface area contributed by atoms with E-state index < -0.39 is 0 Å². The summed E-state index contributed by atoms with van der Waals surface area (Å²) in [6.07, 6.45) is 7.81. The van der Waals surface area contributed by atoms with Crippen LogP contribution in [0.3, 0.4) is 0 Å². The van der Waals surface area contributed by atoms with Gasteiger partial charge in [0.2, 0.25) is 0 Å². The number of allylic oxidation sites excluding steroid dienone is 1. The average Bonchev–Trinajstić information content (AvgIpc) is 2.43. The lowest BCUT2D eigenvalue weighted by Crippen LogP contribution is -2.39. The molecule has 0 amide bonds. The summed E-state index contributed by atoms with van der Waals surface area (Å²) in [5.41, 5.74) is 2.57. The van der Waals surface area contributed by atoms with Crippen molar-refractivity contribution in [1.29, 1.82) is 0 Å². The minimum absolute atomic E-state index is 0.142. The minimum Gasteiger partial charge on any atom is -0.369 e. The fourth-order valence-electron chi connectivity index (χ4n) is 3.21. The van der Waals surface area contributed by atoms with Crippen LogP contribution in [0.4, 0.5) is 0 Å². The molecule has 0 saturated carbocycles. The second-order valence-corrected chi connectivity index (χ2v) is 7.23. The highest BCUT2D eigenvalue weighted by atomic mass is 15.2. The van der Waals surface area contributed by atoms with Crippen LogP contribution in [0.5, 0.6) is 0 Å². The first-order chi connectivity index (χ1) is 9.32. The molecule has 0 spiro atoms. The molecule has 2 atom stereocenters. The van der Waals surface area contributed by atoms with Crippen LogP contribution in [0.2, 0.25) is 0 Å². The summed E-state index contributed by atoms with van der Waals surface area (Å²) < 4.78 is 0. The van der Waals surface area contributed by atoms with Crippen molar-refractivity contribution in [3.05, 3.63) is 24.4 Å². The maximum atomic E-state index is 4.42. The molecule has 0 aromatic rings. The Morgan fingerprint density at radius 2 is 1.95 bits per heavy atom. The molecule has 116 valence electrons. The molecular weight excluding hydrogens is 242 g/mol. The van der Waals surface area contributed by atoms with Crippen molar-refractivity contribution in [3.63, 3.8) is 0 Å². The zero-order valence-corrected chi connectivity index (χ0v) is 14.5. The van der Waals surface area contributed by atoms with E-state index in [9.17, 15) is 0 Å². The van der Waals surface area contributed by atoms with Crippen LogP contribution < -0.4 is 0 Å². The topological polar surface area (TPSA) is 3.24 Å². The normalized spacial score (nSPS) is 21.6. The van der Waals surface area contributed by atoms with E-state index >= 15 is 0 Å². The fourth-order valence-corrected chi connectivity index (χ4v) is 3.21. The zero-order chi connectivity index (χ0) is 15.3. The van der Waals surface area contributed by atoms with Gasteiger partial charge < -0.3 is 4.90 Å². The molecule has 1 heterocycles. The van der Waals surface area contributed by atoms with Crippen LogP contribution in [0, 0.1) is 11.3 Å². The van der Waals surface area contributed by atoms with Crippen LogP contribution in [0.1, 0.15) is 73.1 Å². The third-order valence-corrected chi connectivity index (χ3v) is 5.50. The molecule has 0 N–H and O–H groups in total. The van der Waals surface area contributed by atoms with Gasteiger partial charge in [-0.05, 0) is 49.5 Å². The molecule has 0 aliphatic carbocycles. The Balaban J connectivity index is 2.73. The van der Waals surface area contributed by atoms with E-state index in [0.717, 1.165) is 6.54 Å². The number of hydrogen-bond donors (Lipinski definition) is 0. The van der Waals surface area contributed by atoms with E-state index in [2.05, 4.69) is 52.7 Å². The van der Waals surface area contributed by atoms with Gasteiger partial charge in [0.25, 0.3) is 0 Å². The average molecular weight is 277 g/mol. The lowest BCUT2D eigenvalue weighted by molar-refractivity contribution is 0.194. The van der Waals surface area contributed by atoms with Crippen LogP contribution in [-0.4, -0.2) is 17.5 Å². The highest BCUT2D eigenvalue weighted by Crippen LogP contribution is 2.41. The smallest absolute Gasteiger partial charge is 0.0327 e. The standard InChI is InChI=1S/C19H35N/c1-8-9-12-15(2)19(6,7)17(4)18(5)20-14-11-10-13-16(20)3/h15-16H,4-5,8-14H2,1-3,6-7H3. The van der Waals surface area contributed by atoms with Crippen LogP contribution in [0.15, 0.2) is 24.4 Å². The summed E-state index contributed by atoms with van der Waals surface area (Å²) in [5.74, 6) is 0.659. The summed E-state index contributed by atoms with van der Waals surface area (Å²) >= 11 is 0. The molecule has 1 aliphatic rings. The SMILES string of the molecule is C=C(C(=C)C(C)(C)C(C)CCCC)N1CCCCC1C. The van der Waals surface area contributed by atoms with Gasteiger partial charge in [0.1, 0.15) is 0 Å². The van der Waals surface area contributed by atoms with Crippen molar-refractivity contribution >= 4 is 0 Å². The monoisotopic (exact) mass is 277 g/mol. The highest BCUT2D eigenvalue weighted by molar-refractivity contribution is 5.31. The van der Waals surface area contributed by atoms with Gasteiger partial charge in [0.15, 0.2) is 0 Å². The first-order valence-corrected chi connectivity index (χ1v) is 8.47. The molecule has 1 heteroatoms. The number of rotatable bonds is 7. The van der Waals surface area contributed by atoms with Gasteiger partial charge in [-0.25, -0.2) is 0 Å². The number of piperidine rings is 1. The Kier molecular flexibility index (Phi) is 6.36. The maximum absolute atomic E-state index is 4.42. The largest absolute Gasteiger partial charge is 0.369 e. The first kappa shape index (κ1) is 17.3. The first-order valence-electron chi connectivity index (χ1n) is 8.47. The molecule has 1 saturated heterocycles. The van der Waals surface area contributed by atoms with Gasteiger partial charge in [0, 0.05) is 18.3 Å². The van der Waals surface area contributed by atoms with E-state index in [0.29, 0.717) is 12.0 Å². The van der Waals surface area contributed by atoms with Gasteiger partial charge in [-0.15, -0.1) is 0 Å². The van der Waals surface area contributed by atoms with Crippen LogP contribution >= 0.6 is 0 Å². The van der Waals surface area contributed by atoms with Gasteiger partial charge in [-0.2, -0.15) is 0 Å². The molecule has 0 bridgehead atoms. The molecule has 1 nitrogen and oxygen atoms in total. The van der Waals surface area contributed by atoms with Gasteiger partial charge in [-0.1, -0.05) is 53.7 Å². The second kappa shape index (κ2) is 7.33.